The maximum Gasteiger partial charge on any atom is 0.271 e. The number of nitro groups is 1. The Hall–Kier alpha value is -3.48. The maximum atomic E-state index is 12.8. The summed E-state index contributed by atoms with van der Waals surface area (Å²) in [5, 5.41) is 13.7. The Kier molecular flexibility index (Phi) is 4.53. The maximum absolute atomic E-state index is 12.8. The van der Waals surface area contributed by atoms with Gasteiger partial charge in [-0.3, -0.25) is 14.9 Å². The summed E-state index contributed by atoms with van der Waals surface area (Å²) in [5.74, 6) is 0.414. The van der Waals surface area contributed by atoms with E-state index in [1.807, 2.05) is 36.6 Å². The molecule has 1 amide bonds. The Morgan fingerprint density at radius 2 is 1.92 bits per heavy atom. The molecular formula is C19H18N4O3. The van der Waals surface area contributed by atoms with E-state index in [9.17, 15) is 14.9 Å². The summed E-state index contributed by atoms with van der Waals surface area (Å²) >= 11 is 0. The Bertz CT molecular complexity index is 994. The van der Waals surface area contributed by atoms with Gasteiger partial charge in [0.1, 0.15) is 5.82 Å². The largest absolute Gasteiger partial charge is 0.321 e. The first-order valence-corrected chi connectivity index (χ1v) is 8.05. The van der Waals surface area contributed by atoms with E-state index >= 15 is 0 Å². The van der Waals surface area contributed by atoms with Gasteiger partial charge in [-0.2, -0.15) is 0 Å². The fourth-order valence-electron chi connectivity index (χ4n) is 2.88. The van der Waals surface area contributed by atoms with E-state index in [4.69, 9.17) is 0 Å². The lowest BCUT2D eigenvalue weighted by Gasteiger charge is -2.10. The molecule has 0 atom stereocenters. The average molecular weight is 350 g/mol. The number of nitrogens with zero attached hydrogens (tertiary/aromatic N) is 3. The summed E-state index contributed by atoms with van der Waals surface area (Å²) in [6.45, 7) is 5.53. The lowest BCUT2D eigenvalue weighted by atomic mass is 10.1. The van der Waals surface area contributed by atoms with Crippen LogP contribution in [0.25, 0.3) is 5.82 Å². The normalized spacial score (nSPS) is 10.6. The van der Waals surface area contributed by atoms with Crippen LogP contribution in [0.1, 0.15) is 27.3 Å². The molecule has 7 nitrogen and oxygen atoms in total. The summed E-state index contributed by atoms with van der Waals surface area (Å²) < 4.78 is 1.90. The van der Waals surface area contributed by atoms with E-state index < -0.39 is 4.92 Å². The number of carbonyl (C=O) groups is 1. The van der Waals surface area contributed by atoms with E-state index in [1.54, 1.807) is 25.3 Å². The fraction of sp³-hybridized carbons (Fsp3) is 0.158. The predicted molar refractivity (Wildman–Crippen MR) is 98.8 cm³/mol. The van der Waals surface area contributed by atoms with Gasteiger partial charge in [-0.1, -0.05) is 12.1 Å². The van der Waals surface area contributed by atoms with Crippen molar-refractivity contribution in [2.24, 2.45) is 0 Å². The van der Waals surface area contributed by atoms with E-state index in [0.717, 1.165) is 22.8 Å². The third-order valence-electron chi connectivity index (χ3n) is 4.23. The molecular weight excluding hydrogens is 332 g/mol. The summed E-state index contributed by atoms with van der Waals surface area (Å²) in [7, 11) is 0. The number of anilines is 1. The number of carbonyl (C=O) groups excluding carboxylic acids is 1. The second-order valence-electron chi connectivity index (χ2n) is 6.02. The van der Waals surface area contributed by atoms with Gasteiger partial charge in [-0.15, -0.1) is 0 Å². The summed E-state index contributed by atoms with van der Waals surface area (Å²) in [4.78, 5) is 27.6. The number of pyridine rings is 1. The van der Waals surface area contributed by atoms with Gasteiger partial charge in [0, 0.05) is 29.7 Å². The van der Waals surface area contributed by atoms with Crippen LogP contribution in [0.15, 0.2) is 48.7 Å². The summed E-state index contributed by atoms with van der Waals surface area (Å²) in [6, 6.07) is 11.8. The number of nitrogens with one attached hydrogen (secondary N) is 1. The predicted octanol–water partition coefficient (Wildman–Crippen LogP) is 3.96. The standard InChI is InChI=1S/C19H18N4O3/c1-12-7-8-15(23(25)26)11-17(12)21-19(24)16-10-13(2)22(14(16)3)18-6-4-5-9-20-18/h4-11H,1-3H3,(H,21,24). The average Bonchev–Trinajstić information content (AvgIpc) is 2.92. The van der Waals surface area contributed by atoms with Crippen LogP contribution in [0.4, 0.5) is 11.4 Å². The molecule has 0 aliphatic carbocycles. The molecule has 3 rings (SSSR count). The smallest absolute Gasteiger partial charge is 0.271 e. The number of non-ortho nitro benzene ring substituents is 1. The van der Waals surface area contributed by atoms with Gasteiger partial charge in [0.2, 0.25) is 0 Å². The van der Waals surface area contributed by atoms with Crippen molar-refractivity contribution in [3.63, 3.8) is 0 Å². The first-order valence-electron chi connectivity index (χ1n) is 8.05. The molecule has 0 radical (unpaired) electrons. The monoisotopic (exact) mass is 350 g/mol. The zero-order chi connectivity index (χ0) is 18.8. The quantitative estimate of drug-likeness (QED) is 0.570. The Balaban J connectivity index is 1.95. The van der Waals surface area contributed by atoms with Crippen molar-refractivity contribution in [2.45, 2.75) is 20.8 Å². The Labute approximate surface area is 150 Å². The summed E-state index contributed by atoms with van der Waals surface area (Å²) in [6.07, 6.45) is 1.69. The zero-order valence-electron chi connectivity index (χ0n) is 14.7. The van der Waals surface area contributed by atoms with Crippen LogP contribution in [0.5, 0.6) is 0 Å². The van der Waals surface area contributed by atoms with Gasteiger partial charge in [0.25, 0.3) is 11.6 Å². The van der Waals surface area contributed by atoms with Crippen molar-refractivity contribution in [1.82, 2.24) is 9.55 Å². The minimum atomic E-state index is -0.484. The third-order valence-corrected chi connectivity index (χ3v) is 4.23. The number of benzene rings is 1. The van der Waals surface area contributed by atoms with Crippen molar-refractivity contribution >= 4 is 17.3 Å². The van der Waals surface area contributed by atoms with Crippen LogP contribution in [-0.2, 0) is 0 Å². The highest BCUT2D eigenvalue weighted by molar-refractivity contribution is 6.06. The first-order chi connectivity index (χ1) is 12.4. The van der Waals surface area contributed by atoms with E-state index in [0.29, 0.717) is 11.3 Å². The highest BCUT2D eigenvalue weighted by atomic mass is 16.6. The van der Waals surface area contributed by atoms with Gasteiger partial charge < -0.3 is 9.88 Å². The molecule has 0 aliphatic heterocycles. The highest BCUT2D eigenvalue weighted by Crippen LogP contribution is 2.24. The van der Waals surface area contributed by atoms with Crippen LogP contribution in [0, 0.1) is 30.9 Å². The molecule has 0 saturated heterocycles. The van der Waals surface area contributed by atoms with Crippen LogP contribution in [0.3, 0.4) is 0 Å². The summed E-state index contributed by atoms with van der Waals surface area (Å²) in [5.41, 5.74) is 3.24. The zero-order valence-corrected chi connectivity index (χ0v) is 14.7. The van der Waals surface area contributed by atoms with Crippen molar-refractivity contribution < 1.29 is 9.72 Å². The number of aromatic nitrogens is 2. The highest BCUT2D eigenvalue weighted by Gasteiger charge is 2.18. The molecule has 7 heteroatoms. The number of rotatable bonds is 4. The van der Waals surface area contributed by atoms with E-state index in [1.165, 1.54) is 12.1 Å². The van der Waals surface area contributed by atoms with Crippen molar-refractivity contribution in [2.75, 3.05) is 5.32 Å². The van der Waals surface area contributed by atoms with Crippen molar-refractivity contribution in [3.05, 3.63) is 81.3 Å². The van der Waals surface area contributed by atoms with Gasteiger partial charge in [-0.25, -0.2) is 4.98 Å². The molecule has 2 aromatic heterocycles. The number of aryl methyl sites for hydroxylation is 2. The molecule has 0 spiro atoms. The molecule has 3 aromatic rings. The molecule has 0 bridgehead atoms. The van der Waals surface area contributed by atoms with Crippen LogP contribution in [0.2, 0.25) is 0 Å². The number of hydrogen-bond donors (Lipinski definition) is 1. The van der Waals surface area contributed by atoms with E-state index in [2.05, 4.69) is 10.3 Å². The molecule has 0 aliphatic rings. The van der Waals surface area contributed by atoms with Crippen LogP contribution in [-0.4, -0.2) is 20.4 Å². The van der Waals surface area contributed by atoms with Gasteiger partial charge in [-0.05, 0) is 44.5 Å². The minimum Gasteiger partial charge on any atom is -0.321 e. The molecule has 0 fully saturated rings. The molecule has 2 heterocycles. The van der Waals surface area contributed by atoms with Gasteiger partial charge in [0.15, 0.2) is 0 Å². The van der Waals surface area contributed by atoms with Crippen molar-refractivity contribution in [3.8, 4) is 5.82 Å². The first kappa shape index (κ1) is 17.3. The lowest BCUT2D eigenvalue weighted by molar-refractivity contribution is -0.384. The fourth-order valence-corrected chi connectivity index (χ4v) is 2.88. The lowest BCUT2D eigenvalue weighted by Crippen LogP contribution is -2.14. The van der Waals surface area contributed by atoms with Gasteiger partial charge in [0.05, 0.1) is 16.2 Å². The van der Waals surface area contributed by atoms with E-state index in [-0.39, 0.29) is 11.6 Å². The molecule has 26 heavy (non-hydrogen) atoms. The van der Waals surface area contributed by atoms with Crippen LogP contribution >= 0.6 is 0 Å². The third kappa shape index (κ3) is 3.19. The topological polar surface area (TPSA) is 90.1 Å². The molecule has 0 unspecified atom stereocenters. The molecule has 1 aromatic carbocycles. The second-order valence-corrected chi connectivity index (χ2v) is 6.02. The second kappa shape index (κ2) is 6.79. The molecule has 1 N–H and O–H groups in total. The van der Waals surface area contributed by atoms with Crippen molar-refractivity contribution in [1.29, 1.82) is 0 Å². The van der Waals surface area contributed by atoms with Crippen LogP contribution < -0.4 is 5.32 Å². The number of nitro benzene ring substituents is 1. The Morgan fingerprint density at radius 1 is 1.15 bits per heavy atom. The molecule has 0 saturated carbocycles. The van der Waals surface area contributed by atoms with Gasteiger partial charge >= 0.3 is 0 Å². The number of hydrogen-bond acceptors (Lipinski definition) is 4. The minimum absolute atomic E-state index is 0.0649. The SMILES string of the molecule is Cc1ccc([N+](=O)[O-])cc1NC(=O)c1cc(C)n(-c2ccccn2)c1C. The molecule has 132 valence electrons. The number of amides is 1. The Morgan fingerprint density at radius 3 is 2.58 bits per heavy atom.